The number of rotatable bonds is 7. The normalized spacial score (nSPS) is 13.1. The Bertz CT molecular complexity index is 852. The Morgan fingerprint density at radius 1 is 1.25 bits per heavy atom. The number of amides is 2. The van der Waals surface area contributed by atoms with E-state index < -0.39 is 0 Å². The quantitative estimate of drug-likeness (QED) is 0.707. The average molecular weight is 447 g/mol. The third-order valence-corrected chi connectivity index (χ3v) is 4.69. The van der Waals surface area contributed by atoms with E-state index in [4.69, 9.17) is 9.47 Å². The lowest BCUT2D eigenvalue weighted by molar-refractivity contribution is -0.125. The lowest BCUT2D eigenvalue weighted by atomic mass is 10.1. The maximum absolute atomic E-state index is 12.3. The van der Waals surface area contributed by atoms with Gasteiger partial charge in [0.05, 0.1) is 11.8 Å². The standard InChI is InChI=1S/C21H23BrN2O4/c1-14(2)28-17-6-3-15(4-7-17)9-10-23-20(25)12-24-18-8-5-16(22)11-19(18)27-13-21(24)26/h3-8,11,14H,9-10,12-13H2,1-2H3,(H,23,25). The van der Waals surface area contributed by atoms with Crippen LogP contribution < -0.4 is 19.7 Å². The van der Waals surface area contributed by atoms with Crippen LogP contribution in [-0.2, 0) is 16.0 Å². The van der Waals surface area contributed by atoms with Gasteiger partial charge in [-0.2, -0.15) is 0 Å². The van der Waals surface area contributed by atoms with E-state index in [0.717, 1.165) is 15.8 Å². The van der Waals surface area contributed by atoms with Crippen molar-refractivity contribution in [3.8, 4) is 11.5 Å². The second-order valence-electron chi connectivity index (χ2n) is 6.79. The van der Waals surface area contributed by atoms with Gasteiger partial charge >= 0.3 is 0 Å². The lowest BCUT2D eigenvalue weighted by Crippen LogP contribution is -2.45. The van der Waals surface area contributed by atoms with E-state index in [-0.39, 0.29) is 31.1 Å². The number of hydrogen-bond acceptors (Lipinski definition) is 4. The summed E-state index contributed by atoms with van der Waals surface area (Å²) in [5, 5.41) is 2.87. The van der Waals surface area contributed by atoms with Crippen molar-refractivity contribution >= 4 is 33.4 Å². The zero-order valence-corrected chi connectivity index (χ0v) is 17.5. The van der Waals surface area contributed by atoms with Crippen LogP contribution in [-0.4, -0.2) is 37.6 Å². The fraction of sp³-hybridized carbons (Fsp3) is 0.333. The fourth-order valence-corrected chi connectivity index (χ4v) is 3.24. The van der Waals surface area contributed by atoms with Gasteiger partial charge in [-0.25, -0.2) is 0 Å². The minimum absolute atomic E-state index is 0.0298. The smallest absolute Gasteiger partial charge is 0.265 e. The zero-order chi connectivity index (χ0) is 20.1. The molecule has 2 aromatic rings. The summed E-state index contributed by atoms with van der Waals surface area (Å²) in [6, 6.07) is 13.2. The molecule has 0 aliphatic carbocycles. The molecular weight excluding hydrogens is 424 g/mol. The third kappa shape index (κ3) is 5.25. The van der Waals surface area contributed by atoms with Crippen molar-refractivity contribution in [3.63, 3.8) is 0 Å². The van der Waals surface area contributed by atoms with Gasteiger partial charge in [0.2, 0.25) is 5.91 Å². The highest BCUT2D eigenvalue weighted by Gasteiger charge is 2.27. The Morgan fingerprint density at radius 3 is 2.71 bits per heavy atom. The second-order valence-corrected chi connectivity index (χ2v) is 7.71. The first-order valence-corrected chi connectivity index (χ1v) is 9.96. The predicted molar refractivity (Wildman–Crippen MR) is 111 cm³/mol. The van der Waals surface area contributed by atoms with Crippen LogP contribution in [0.1, 0.15) is 19.4 Å². The fourth-order valence-electron chi connectivity index (χ4n) is 2.90. The summed E-state index contributed by atoms with van der Waals surface area (Å²) in [5.41, 5.74) is 1.71. The van der Waals surface area contributed by atoms with Gasteiger partial charge in [0.15, 0.2) is 6.61 Å². The van der Waals surface area contributed by atoms with Gasteiger partial charge in [-0.15, -0.1) is 0 Å². The van der Waals surface area contributed by atoms with E-state index in [1.54, 1.807) is 12.1 Å². The van der Waals surface area contributed by atoms with Crippen LogP contribution in [0.3, 0.4) is 0 Å². The molecule has 0 bridgehead atoms. The number of carbonyl (C=O) groups excluding carboxylic acids is 2. The Morgan fingerprint density at radius 2 is 2.00 bits per heavy atom. The molecule has 1 N–H and O–H groups in total. The van der Waals surface area contributed by atoms with E-state index in [1.807, 2.05) is 44.2 Å². The Labute approximate surface area is 172 Å². The number of nitrogens with one attached hydrogen (secondary N) is 1. The zero-order valence-electron chi connectivity index (χ0n) is 15.9. The highest BCUT2D eigenvalue weighted by Crippen LogP contribution is 2.34. The summed E-state index contributed by atoms with van der Waals surface area (Å²) in [5.74, 6) is 0.985. The predicted octanol–water partition coefficient (Wildman–Crippen LogP) is 3.32. The molecule has 0 fully saturated rings. The summed E-state index contributed by atoms with van der Waals surface area (Å²) < 4.78 is 11.9. The molecule has 0 unspecified atom stereocenters. The monoisotopic (exact) mass is 446 g/mol. The van der Waals surface area contributed by atoms with Crippen LogP contribution in [0.2, 0.25) is 0 Å². The number of ether oxygens (including phenoxy) is 2. The first-order chi connectivity index (χ1) is 13.4. The summed E-state index contributed by atoms with van der Waals surface area (Å²) >= 11 is 3.38. The van der Waals surface area contributed by atoms with E-state index in [0.29, 0.717) is 24.4 Å². The molecule has 0 saturated carbocycles. The molecule has 148 valence electrons. The molecule has 2 aromatic carbocycles. The summed E-state index contributed by atoms with van der Waals surface area (Å²) in [7, 11) is 0. The van der Waals surface area contributed by atoms with Crippen molar-refractivity contribution in [2.45, 2.75) is 26.4 Å². The van der Waals surface area contributed by atoms with Crippen LogP contribution in [0.25, 0.3) is 0 Å². The lowest BCUT2D eigenvalue weighted by Gasteiger charge is -2.29. The molecule has 0 spiro atoms. The second kappa shape index (κ2) is 9.10. The van der Waals surface area contributed by atoms with Crippen LogP contribution in [0.5, 0.6) is 11.5 Å². The molecule has 0 saturated heterocycles. The summed E-state index contributed by atoms with van der Waals surface area (Å²) in [4.78, 5) is 26.0. The number of fused-ring (bicyclic) bond motifs is 1. The van der Waals surface area contributed by atoms with Crippen molar-refractivity contribution in [2.75, 3.05) is 24.6 Å². The minimum Gasteiger partial charge on any atom is -0.491 e. The number of anilines is 1. The first-order valence-electron chi connectivity index (χ1n) is 9.17. The molecule has 0 atom stereocenters. The van der Waals surface area contributed by atoms with E-state index in [1.165, 1.54) is 4.90 Å². The third-order valence-electron chi connectivity index (χ3n) is 4.20. The van der Waals surface area contributed by atoms with Crippen molar-refractivity contribution in [1.82, 2.24) is 5.32 Å². The molecule has 28 heavy (non-hydrogen) atoms. The van der Waals surface area contributed by atoms with E-state index in [9.17, 15) is 9.59 Å². The summed E-state index contributed by atoms with van der Waals surface area (Å²) in [6.45, 7) is 4.37. The SMILES string of the molecule is CC(C)Oc1ccc(CCNC(=O)CN2C(=O)COc3cc(Br)ccc32)cc1. The van der Waals surface area contributed by atoms with Crippen LogP contribution in [0, 0.1) is 0 Å². The first kappa shape index (κ1) is 20.2. The Hall–Kier alpha value is -2.54. The number of benzene rings is 2. The average Bonchev–Trinajstić information content (AvgIpc) is 2.65. The van der Waals surface area contributed by atoms with Crippen LogP contribution in [0.15, 0.2) is 46.9 Å². The molecular formula is C21H23BrN2O4. The van der Waals surface area contributed by atoms with Gasteiger partial charge < -0.3 is 14.8 Å². The molecule has 1 heterocycles. The van der Waals surface area contributed by atoms with Gasteiger partial charge in [0.25, 0.3) is 5.91 Å². The van der Waals surface area contributed by atoms with Gasteiger partial charge in [-0.3, -0.25) is 14.5 Å². The molecule has 6 nitrogen and oxygen atoms in total. The number of hydrogen-bond donors (Lipinski definition) is 1. The molecule has 1 aliphatic rings. The highest BCUT2D eigenvalue weighted by molar-refractivity contribution is 9.10. The van der Waals surface area contributed by atoms with Gasteiger partial charge in [-0.1, -0.05) is 28.1 Å². The van der Waals surface area contributed by atoms with Gasteiger partial charge in [-0.05, 0) is 56.2 Å². The van der Waals surface area contributed by atoms with Crippen molar-refractivity contribution in [3.05, 3.63) is 52.5 Å². The van der Waals surface area contributed by atoms with Crippen molar-refractivity contribution in [1.29, 1.82) is 0 Å². The maximum atomic E-state index is 12.3. The number of nitrogens with zero attached hydrogens (tertiary/aromatic N) is 1. The van der Waals surface area contributed by atoms with Crippen LogP contribution in [0.4, 0.5) is 5.69 Å². The van der Waals surface area contributed by atoms with Gasteiger partial charge in [0, 0.05) is 11.0 Å². The molecule has 1 aliphatic heterocycles. The van der Waals surface area contributed by atoms with E-state index in [2.05, 4.69) is 21.2 Å². The number of carbonyl (C=O) groups is 2. The van der Waals surface area contributed by atoms with E-state index >= 15 is 0 Å². The molecule has 0 radical (unpaired) electrons. The van der Waals surface area contributed by atoms with Crippen molar-refractivity contribution < 1.29 is 19.1 Å². The molecule has 2 amide bonds. The molecule has 0 aromatic heterocycles. The van der Waals surface area contributed by atoms with Crippen LogP contribution >= 0.6 is 15.9 Å². The highest BCUT2D eigenvalue weighted by atomic mass is 79.9. The molecule has 7 heteroatoms. The van der Waals surface area contributed by atoms with Crippen molar-refractivity contribution in [2.24, 2.45) is 0 Å². The Kier molecular flexibility index (Phi) is 6.57. The maximum Gasteiger partial charge on any atom is 0.265 e. The Balaban J connectivity index is 1.51. The largest absolute Gasteiger partial charge is 0.491 e. The summed E-state index contributed by atoms with van der Waals surface area (Å²) in [6.07, 6.45) is 0.841. The minimum atomic E-state index is -0.231. The van der Waals surface area contributed by atoms with Gasteiger partial charge in [0.1, 0.15) is 18.0 Å². The topological polar surface area (TPSA) is 67.9 Å². The number of halogens is 1. The molecule has 3 rings (SSSR count).